The van der Waals surface area contributed by atoms with E-state index >= 15 is 0 Å². The van der Waals surface area contributed by atoms with Crippen molar-refractivity contribution in [1.29, 1.82) is 0 Å². The van der Waals surface area contributed by atoms with E-state index in [2.05, 4.69) is 33.2 Å². The minimum atomic E-state index is -0.0263. The minimum absolute atomic E-state index is 0.0244. The molecule has 94 valence electrons. The molecule has 0 radical (unpaired) electrons. The third kappa shape index (κ3) is 2.47. The van der Waals surface area contributed by atoms with Crippen LogP contribution in [0.4, 0.5) is 0 Å². The first-order valence-electron chi connectivity index (χ1n) is 5.58. The third-order valence-corrected chi connectivity index (χ3v) is 3.83. The molecule has 0 bridgehead atoms. The van der Waals surface area contributed by atoms with Crippen molar-refractivity contribution in [2.45, 2.75) is 13.8 Å². The second kappa shape index (κ2) is 5.45. The summed E-state index contributed by atoms with van der Waals surface area (Å²) in [4.78, 5) is 11.8. The van der Waals surface area contributed by atoms with Gasteiger partial charge in [0.15, 0.2) is 5.78 Å². The first kappa shape index (κ1) is 13.6. The molecule has 0 amide bonds. The highest BCUT2D eigenvalue weighted by atomic mass is 127. The predicted molar refractivity (Wildman–Crippen MR) is 83.0 cm³/mol. The van der Waals surface area contributed by atoms with E-state index in [-0.39, 0.29) is 11.7 Å². The van der Waals surface area contributed by atoms with Crippen molar-refractivity contribution in [2.75, 3.05) is 5.88 Å². The number of rotatable bonds is 3. The number of benzene rings is 1. The van der Waals surface area contributed by atoms with Crippen LogP contribution in [0.1, 0.15) is 21.7 Å². The van der Waals surface area contributed by atoms with Crippen LogP contribution in [0.25, 0.3) is 5.69 Å². The molecule has 0 fully saturated rings. The van der Waals surface area contributed by atoms with Gasteiger partial charge in [0.2, 0.25) is 0 Å². The average Bonchev–Trinajstić information content (AvgIpc) is 2.64. The van der Waals surface area contributed by atoms with Gasteiger partial charge in [-0.1, -0.05) is 6.07 Å². The monoisotopic (exact) mass is 373 g/mol. The van der Waals surface area contributed by atoms with Gasteiger partial charge < -0.3 is 4.57 Å². The normalized spacial score (nSPS) is 10.7. The lowest BCUT2D eigenvalue weighted by atomic mass is 10.2. The molecule has 2 aromatic rings. The Morgan fingerprint density at radius 1 is 1.33 bits per heavy atom. The maximum atomic E-state index is 11.8. The Bertz CT molecular complexity index is 604. The summed E-state index contributed by atoms with van der Waals surface area (Å²) < 4.78 is 3.25. The molecule has 2 nitrogen and oxygen atoms in total. The molecular weight excluding hydrogens is 361 g/mol. The predicted octanol–water partition coefficient (Wildman–Crippen LogP) is 4.12. The van der Waals surface area contributed by atoms with Gasteiger partial charge in [-0.25, -0.2) is 0 Å². The molecule has 18 heavy (non-hydrogen) atoms. The summed E-state index contributed by atoms with van der Waals surface area (Å²) in [5, 5.41) is 0. The SMILES string of the molecule is Cc1cc(C(=O)CCl)c(C)n1-c1cccc(I)c1. The van der Waals surface area contributed by atoms with Crippen LogP contribution in [-0.4, -0.2) is 16.2 Å². The van der Waals surface area contributed by atoms with E-state index in [1.807, 2.05) is 38.1 Å². The van der Waals surface area contributed by atoms with Crippen molar-refractivity contribution in [3.63, 3.8) is 0 Å². The Kier molecular flexibility index (Phi) is 4.12. The molecule has 0 spiro atoms. The number of aryl methyl sites for hydroxylation is 1. The Morgan fingerprint density at radius 3 is 2.67 bits per heavy atom. The topological polar surface area (TPSA) is 22.0 Å². The number of carbonyl (C=O) groups excluding carboxylic acids is 1. The number of Topliss-reactive ketones (excluding diaryl/α,β-unsaturated/α-hetero) is 1. The number of hydrogen-bond acceptors (Lipinski definition) is 1. The molecule has 1 aromatic carbocycles. The van der Waals surface area contributed by atoms with Crippen LogP contribution in [0.15, 0.2) is 30.3 Å². The van der Waals surface area contributed by atoms with Gasteiger partial charge in [-0.2, -0.15) is 0 Å². The second-order valence-corrected chi connectivity index (χ2v) is 5.67. The standard InChI is InChI=1S/C14H13ClINO/c1-9-6-13(14(18)8-15)10(2)17(9)12-5-3-4-11(16)7-12/h3-7H,8H2,1-2H3. The van der Waals surface area contributed by atoms with Gasteiger partial charge in [0.1, 0.15) is 0 Å². The molecule has 0 saturated heterocycles. The number of aromatic nitrogens is 1. The van der Waals surface area contributed by atoms with Gasteiger partial charge in [-0.05, 0) is 60.7 Å². The highest BCUT2D eigenvalue weighted by Gasteiger charge is 2.15. The fourth-order valence-corrected chi connectivity index (χ4v) is 2.80. The molecule has 0 aliphatic rings. The number of alkyl halides is 1. The largest absolute Gasteiger partial charge is 0.318 e. The summed E-state index contributed by atoms with van der Waals surface area (Å²) in [5.74, 6) is -0.00183. The van der Waals surface area contributed by atoms with E-state index in [1.165, 1.54) is 3.57 Å². The highest BCUT2D eigenvalue weighted by molar-refractivity contribution is 14.1. The Morgan fingerprint density at radius 2 is 2.06 bits per heavy atom. The molecule has 1 aromatic heterocycles. The zero-order valence-electron chi connectivity index (χ0n) is 10.2. The van der Waals surface area contributed by atoms with Crippen LogP contribution in [0.5, 0.6) is 0 Å². The fourth-order valence-electron chi connectivity index (χ4n) is 2.13. The summed E-state index contributed by atoms with van der Waals surface area (Å²) in [5.41, 5.74) is 3.77. The Hall–Kier alpha value is -0.810. The second-order valence-electron chi connectivity index (χ2n) is 4.16. The maximum Gasteiger partial charge on any atom is 0.179 e. The van der Waals surface area contributed by atoms with Gasteiger partial charge in [-0.15, -0.1) is 11.6 Å². The van der Waals surface area contributed by atoms with Crippen LogP contribution < -0.4 is 0 Å². The van der Waals surface area contributed by atoms with Gasteiger partial charge in [0, 0.05) is 26.2 Å². The fraction of sp³-hybridized carbons (Fsp3) is 0.214. The highest BCUT2D eigenvalue weighted by Crippen LogP contribution is 2.22. The number of halogens is 2. The van der Waals surface area contributed by atoms with Gasteiger partial charge in [0.25, 0.3) is 0 Å². The maximum absolute atomic E-state index is 11.8. The van der Waals surface area contributed by atoms with E-state index in [9.17, 15) is 4.79 Å². The summed E-state index contributed by atoms with van der Waals surface area (Å²) in [6, 6.07) is 10.1. The lowest BCUT2D eigenvalue weighted by molar-refractivity contribution is 0.102. The number of carbonyl (C=O) groups is 1. The van der Waals surface area contributed by atoms with Crippen LogP contribution in [-0.2, 0) is 0 Å². The Balaban J connectivity index is 2.59. The molecule has 0 aliphatic carbocycles. The van der Waals surface area contributed by atoms with Gasteiger partial charge in [-0.3, -0.25) is 4.79 Å². The molecule has 0 saturated carbocycles. The smallest absolute Gasteiger partial charge is 0.179 e. The summed E-state index contributed by atoms with van der Waals surface area (Å²) in [6.07, 6.45) is 0. The first-order chi connectivity index (χ1) is 8.54. The average molecular weight is 374 g/mol. The summed E-state index contributed by atoms with van der Waals surface area (Å²) in [7, 11) is 0. The Labute approximate surface area is 125 Å². The van der Waals surface area contributed by atoms with E-state index in [0.717, 1.165) is 17.1 Å². The molecule has 0 atom stereocenters. The van der Waals surface area contributed by atoms with Crippen LogP contribution in [0, 0.1) is 17.4 Å². The number of nitrogens with zero attached hydrogens (tertiary/aromatic N) is 1. The number of ketones is 1. The summed E-state index contributed by atoms with van der Waals surface area (Å²) >= 11 is 7.91. The zero-order valence-corrected chi connectivity index (χ0v) is 13.1. The van der Waals surface area contributed by atoms with Crippen molar-refractivity contribution >= 4 is 40.0 Å². The minimum Gasteiger partial charge on any atom is -0.318 e. The van der Waals surface area contributed by atoms with Gasteiger partial charge in [0.05, 0.1) is 5.88 Å². The molecule has 0 N–H and O–H groups in total. The van der Waals surface area contributed by atoms with Crippen LogP contribution in [0.2, 0.25) is 0 Å². The van der Waals surface area contributed by atoms with Gasteiger partial charge >= 0.3 is 0 Å². The molecule has 0 unspecified atom stereocenters. The lowest BCUT2D eigenvalue weighted by Crippen LogP contribution is -2.04. The number of hydrogen-bond donors (Lipinski definition) is 0. The van der Waals surface area contributed by atoms with Crippen molar-refractivity contribution in [3.8, 4) is 5.69 Å². The van der Waals surface area contributed by atoms with E-state index in [1.54, 1.807) is 0 Å². The third-order valence-electron chi connectivity index (χ3n) is 2.92. The molecular formula is C14H13ClINO. The molecule has 2 rings (SSSR count). The van der Waals surface area contributed by atoms with Crippen molar-refractivity contribution < 1.29 is 4.79 Å². The van der Waals surface area contributed by atoms with E-state index in [0.29, 0.717) is 5.56 Å². The van der Waals surface area contributed by atoms with Crippen molar-refractivity contribution in [1.82, 2.24) is 4.57 Å². The quantitative estimate of drug-likeness (QED) is 0.451. The van der Waals surface area contributed by atoms with Crippen LogP contribution >= 0.6 is 34.2 Å². The summed E-state index contributed by atoms with van der Waals surface area (Å²) in [6.45, 7) is 3.95. The molecule has 1 heterocycles. The zero-order chi connectivity index (χ0) is 13.3. The lowest BCUT2D eigenvalue weighted by Gasteiger charge is -2.10. The van der Waals surface area contributed by atoms with E-state index in [4.69, 9.17) is 11.6 Å². The van der Waals surface area contributed by atoms with E-state index < -0.39 is 0 Å². The van der Waals surface area contributed by atoms with Crippen LogP contribution in [0.3, 0.4) is 0 Å². The molecule has 0 aliphatic heterocycles. The van der Waals surface area contributed by atoms with Crippen molar-refractivity contribution in [3.05, 3.63) is 50.9 Å². The van der Waals surface area contributed by atoms with Crippen molar-refractivity contribution in [2.24, 2.45) is 0 Å². The first-order valence-corrected chi connectivity index (χ1v) is 7.20. The molecule has 4 heteroatoms.